The maximum absolute atomic E-state index is 10.6. The van der Waals surface area contributed by atoms with Crippen LogP contribution in [0.5, 0.6) is 0 Å². The van der Waals surface area contributed by atoms with Crippen LogP contribution in [-0.2, 0) is 11.2 Å². The van der Waals surface area contributed by atoms with Crippen molar-refractivity contribution in [1.82, 2.24) is 0 Å². The van der Waals surface area contributed by atoms with Crippen molar-refractivity contribution in [1.29, 1.82) is 0 Å². The summed E-state index contributed by atoms with van der Waals surface area (Å²) in [7, 11) is 0. The van der Waals surface area contributed by atoms with Crippen LogP contribution in [0, 0.1) is 0 Å². The SMILES string of the molecule is CC(C(=O)O)c1ccc(Cl)cc1.N[C@@H]1c2cc3ccccc3cc2C[C@@H]1O. The highest BCUT2D eigenvalue weighted by Gasteiger charge is 2.27. The molecule has 4 N–H and O–H groups in total. The third kappa shape index (κ3) is 4.30. The number of halogens is 1. The van der Waals surface area contributed by atoms with E-state index in [0.29, 0.717) is 11.4 Å². The molecule has 4 nitrogen and oxygen atoms in total. The van der Waals surface area contributed by atoms with E-state index >= 15 is 0 Å². The van der Waals surface area contributed by atoms with Gasteiger partial charge < -0.3 is 15.9 Å². The fourth-order valence-electron chi connectivity index (χ4n) is 3.25. The number of carboxylic acids is 1. The van der Waals surface area contributed by atoms with Gasteiger partial charge in [-0.15, -0.1) is 0 Å². The average Bonchev–Trinajstić information content (AvgIpc) is 2.94. The van der Waals surface area contributed by atoms with E-state index in [-0.39, 0.29) is 6.04 Å². The summed E-state index contributed by atoms with van der Waals surface area (Å²) in [6, 6.07) is 19.1. The van der Waals surface area contributed by atoms with Gasteiger partial charge in [-0.2, -0.15) is 0 Å². The lowest BCUT2D eigenvalue weighted by atomic mass is 10.0. The van der Waals surface area contributed by atoms with E-state index in [4.69, 9.17) is 22.4 Å². The molecule has 1 aliphatic rings. The van der Waals surface area contributed by atoms with Gasteiger partial charge in [0, 0.05) is 11.4 Å². The Hall–Kier alpha value is -2.40. The highest BCUT2D eigenvalue weighted by atomic mass is 35.5. The molecule has 0 spiro atoms. The Balaban J connectivity index is 0.000000161. The van der Waals surface area contributed by atoms with Crippen molar-refractivity contribution in [2.75, 3.05) is 0 Å². The number of carbonyl (C=O) groups is 1. The zero-order chi connectivity index (χ0) is 19.6. The van der Waals surface area contributed by atoms with E-state index in [0.717, 1.165) is 11.1 Å². The van der Waals surface area contributed by atoms with E-state index < -0.39 is 18.0 Å². The van der Waals surface area contributed by atoms with Crippen molar-refractivity contribution in [3.8, 4) is 0 Å². The van der Waals surface area contributed by atoms with Crippen molar-refractivity contribution < 1.29 is 15.0 Å². The van der Waals surface area contributed by atoms with Crippen molar-refractivity contribution >= 4 is 28.3 Å². The van der Waals surface area contributed by atoms with Gasteiger partial charge in [0.25, 0.3) is 0 Å². The minimum atomic E-state index is -0.822. The van der Waals surface area contributed by atoms with E-state index in [1.165, 1.54) is 16.3 Å². The van der Waals surface area contributed by atoms with E-state index in [9.17, 15) is 9.90 Å². The first-order valence-corrected chi connectivity index (χ1v) is 9.18. The van der Waals surface area contributed by atoms with Crippen LogP contribution in [0.1, 0.15) is 35.6 Å². The van der Waals surface area contributed by atoms with Gasteiger partial charge in [0.05, 0.1) is 18.1 Å². The summed E-state index contributed by atoms with van der Waals surface area (Å²) in [6.45, 7) is 1.64. The van der Waals surface area contributed by atoms with Crippen LogP contribution < -0.4 is 5.73 Å². The molecule has 0 fully saturated rings. The third-order valence-electron chi connectivity index (χ3n) is 4.95. The van der Waals surface area contributed by atoms with Crippen molar-refractivity contribution in [2.24, 2.45) is 5.73 Å². The quantitative estimate of drug-likeness (QED) is 0.616. The Bertz CT molecular complexity index is 955. The molecule has 140 valence electrons. The number of fused-ring (bicyclic) bond motifs is 2. The maximum atomic E-state index is 10.6. The molecule has 0 aliphatic heterocycles. The van der Waals surface area contributed by atoms with Gasteiger partial charge in [-0.25, -0.2) is 0 Å². The van der Waals surface area contributed by atoms with Gasteiger partial charge in [-0.1, -0.05) is 54.1 Å². The number of nitrogens with two attached hydrogens (primary N) is 1. The van der Waals surface area contributed by atoms with E-state index in [1.54, 1.807) is 31.2 Å². The van der Waals surface area contributed by atoms with Gasteiger partial charge in [-0.3, -0.25) is 4.79 Å². The summed E-state index contributed by atoms with van der Waals surface area (Å²) < 4.78 is 0. The zero-order valence-electron chi connectivity index (χ0n) is 15.0. The van der Waals surface area contributed by atoms with Crippen LogP contribution >= 0.6 is 11.6 Å². The molecule has 0 heterocycles. The molecule has 5 heteroatoms. The summed E-state index contributed by atoms with van der Waals surface area (Å²) in [5.41, 5.74) is 8.99. The molecule has 3 aromatic rings. The lowest BCUT2D eigenvalue weighted by Gasteiger charge is -2.09. The molecule has 3 aromatic carbocycles. The van der Waals surface area contributed by atoms with Crippen LogP contribution in [0.25, 0.3) is 10.8 Å². The Morgan fingerprint density at radius 3 is 2.30 bits per heavy atom. The molecule has 0 saturated carbocycles. The smallest absolute Gasteiger partial charge is 0.310 e. The predicted molar refractivity (Wildman–Crippen MR) is 108 cm³/mol. The molecule has 0 amide bonds. The maximum Gasteiger partial charge on any atom is 0.310 e. The fraction of sp³-hybridized carbons (Fsp3) is 0.227. The molecule has 0 saturated heterocycles. The van der Waals surface area contributed by atoms with Crippen molar-refractivity contribution in [3.05, 3.63) is 82.4 Å². The first-order valence-electron chi connectivity index (χ1n) is 8.80. The highest BCUT2D eigenvalue weighted by Crippen LogP contribution is 2.32. The first-order chi connectivity index (χ1) is 12.9. The largest absolute Gasteiger partial charge is 0.481 e. The monoisotopic (exact) mass is 383 g/mol. The van der Waals surface area contributed by atoms with E-state index in [2.05, 4.69) is 24.3 Å². The topological polar surface area (TPSA) is 83.5 Å². The number of aliphatic carboxylic acids is 1. The summed E-state index contributed by atoms with van der Waals surface area (Å²) in [6.07, 6.45) is 0.262. The molecule has 0 radical (unpaired) electrons. The number of rotatable bonds is 2. The number of aliphatic hydroxyl groups excluding tert-OH is 1. The fourth-order valence-corrected chi connectivity index (χ4v) is 3.37. The van der Waals surface area contributed by atoms with Crippen LogP contribution in [0.2, 0.25) is 5.02 Å². The van der Waals surface area contributed by atoms with Gasteiger partial charge in [0.15, 0.2) is 0 Å². The van der Waals surface area contributed by atoms with Gasteiger partial charge in [-0.05, 0) is 52.6 Å². The Morgan fingerprint density at radius 2 is 1.70 bits per heavy atom. The normalized spacial score (nSPS) is 19.1. The molecule has 27 heavy (non-hydrogen) atoms. The van der Waals surface area contributed by atoms with Crippen LogP contribution in [-0.4, -0.2) is 22.3 Å². The van der Waals surface area contributed by atoms with Crippen LogP contribution in [0.15, 0.2) is 60.7 Å². The lowest BCUT2D eigenvalue weighted by Crippen LogP contribution is -2.21. The Kier molecular flexibility index (Phi) is 5.80. The van der Waals surface area contributed by atoms with Crippen LogP contribution in [0.4, 0.5) is 0 Å². The van der Waals surface area contributed by atoms with Crippen LogP contribution in [0.3, 0.4) is 0 Å². The number of aliphatic hydroxyl groups is 1. The second-order valence-electron chi connectivity index (χ2n) is 6.81. The highest BCUT2D eigenvalue weighted by molar-refractivity contribution is 6.30. The lowest BCUT2D eigenvalue weighted by molar-refractivity contribution is -0.138. The van der Waals surface area contributed by atoms with Gasteiger partial charge in [0.1, 0.15) is 0 Å². The summed E-state index contributed by atoms with van der Waals surface area (Å²) in [5, 5.41) is 21.4. The average molecular weight is 384 g/mol. The van der Waals surface area contributed by atoms with Crippen molar-refractivity contribution in [2.45, 2.75) is 31.4 Å². The minimum Gasteiger partial charge on any atom is -0.481 e. The molecule has 0 bridgehead atoms. The van der Waals surface area contributed by atoms with E-state index in [1.807, 2.05) is 12.1 Å². The number of hydrogen-bond donors (Lipinski definition) is 3. The zero-order valence-corrected chi connectivity index (χ0v) is 15.7. The van der Waals surface area contributed by atoms with Crippen molar-refractivity contribution in [3.63, 3.8) is 0 Å². The molecule has 3 atom stereocenters. The molecule has 4 rings (SSSR count). The third-order valence-corrected chi connectivity index (χ3v) is 5.20. The Morgan fingerprint density at radius 1 is 1.11 bits per heavy atom. The van der Waals surface area contributed by atoms with Gasteiger partial charge in [0.2, 0.25) is 0 Å². The second-order valence-corrected chi connectivity index (χ2v) is 7.24. The number of hydrogen-bond acceptors (Lipinski definition) is 3. The Labute approximate surface area is 163 Å². The second kappa shape index (κ2) is 8.09. The standard InChI is InChI=1S/C13H13NO.C9H9ClO2/c14-13-11-6-9-4-2-1-3-8(9)5-10(11)7-12(13)15;1-6(9(11)12)7-2-4-8(10)5-3-7/h1-6,12-13,15H,7,14H2;2-6H,1H3,(H,11,12)/t12-,13+;/m0./s1. The minimum absolute atomic E-state index is 0.218. The van der Waals surface area contributed by atoms with Gasteiger partial charge >= 0.3 is 5.97 Å². The first kappa shape index (κ1) is 19.4. The predicted octanol–water partition coefficient (Wildman–Crippen LogP) is 4.28. The molecule has 0 aromatic heterocycles. The molecular formula is C22H22ClNO3. The summed E-state index contributed by atoms with van der Waals surface area (Å²) in [5.74, 6) is -1.29. The summed E-state index contributed by atoms with van der Waals surface area (Å²) in [4.78, 5) is 10.6. The number of benzene rings is 3. The molecular weight excluding hydrogens is 362 g/mol. The number of carboxylic acid groups (broad SMARTS) is 1. The molecule has 1 aliphatic carbocycles. The molecule has 1 unspecified atom stereocenters. The summed E-state index contributed by atoms with van der Waals surface area (Å²) >= 11 is 5.65.